The molecule has 3 heteroatoms. The summed E-state index contributed by atoms with van der Waals surface area (Å²) in [5, 5.41) is 0. The van der Waals surface area contributed by atoms with Crippen LogP contribution in [0.15, 0.2) is 54.9 Å². The first-order valence-electron chi connectivity index (χ1n) is 4.55. The molecule has 1 aromatic heterocycles. The largest absolute Gasteiger partial charge is 0.299 e. The Labute approximate surface area is 86.4 Å². The van der Waals surface area contributed by atoms with E-state index in [0.29, 0.717) is 0 Å². The predicted molar refractivity (Wildman–Crippen MR) is 53.7 cm³/mol. The molecule has 0 aliphatic carbocycles. The van der Waals surface area contributed by atoms with Crippen LogP contribution in [0.2, 0.25) is 0 Å². The third kappa shape index (κ3) is 1.86. The van der Waals surface area contributed by atoms with Crippen molar-refractivity contribution >= 4 is 0 Å². The Balaban J connectivity index is 2.44. The molecule has 1 aromatic carbocycles. The number of halogens is 2. The molecule has 0 aliphatic rings. The lowest BCUT2D eigenvalue weighted by Crippen LogP contribution is -2.15. The highest BCUT2D eigenvalue weighted by atomic mass is 19.3. The van der Waals surface area contributed by atoms with E-state index in [1.807, 2.05) is 0 Å². The summed E-state index contributed by atoms with van der Waals surface area (Å²) in [7, 11) is 0. The Morgan fingerprint density at radius 3 is 2.13 bits per heavy atom. The van der Waals surface area contributed by atoms with Gasteiger partial charge in [0.15, 0.2) is 0 Å². The molecule has 0 bridgehead atoms. The van der Waals surface area contributed by atoms with Crippen molar-refractivity contribution in [1.82, 2.24) is 4.98 Å². The van der Waals surface area contributed by atoms with E-state index in [-0.39, 0.29) is 11.1 Å². The van der Waals surface area contributed by atoms with Crippen molar-refractivity contribution < 1.29 is 8.78 Å². The molecular formula is C12H9F2N. The van der Waals surface area contributed by atoms with Crippen LogP contribution in [0.4, 0.5) is 8.78 Å². The Morgan fingerprint density at radius 1 is 0.867 bits per heavy atom. The second kappa shape index (κ2) is 3.77. The molecule has 1 heterocycles. The predicted octanol–water partition coefficient (Wildman–Crippen LogP) is 3.22. The number of hydrogen-bond donors (Lipinski definition) is 0. The highest BCUT2D eigenvalue weighted by molar-refractivity contribution is 5.31. The molecule has 1 nitrogen and oxygen atoms in total. The molecule has 0 amide bonds. The van der Waals surface area contributed by atoms with Gasteiger partial charge in [0.2, 0.25) is 0 Å². The summed E-state index contributed by atoms with van der Waals surface area (Å²) in [6, 6.07) is 10.6. The molecule has 0 spiro atoms. The lowest BCUT2D eigenvalue weighted by Gasteiger charge is -2.16. The van der Waals surface area contributed by atoms with Crippen LogP contribution >= 0.6 is 0 Å². The van der Waals surface area contributed by atoms with Crippen LogP contribution in [0, 0.1) is 0 Å². The van der Waals surface area contributed by atoms with Gasteiger partial charge >= 0.3 is 0 Å². The monoisotopic (exact) mass is 205 g/mol. The molecule has 15 heavy (non-hydrogen) atoms. The molecule has 0 atom stereocenters. The van der Waals surface area contributed by atoms with E-state index in [1.54, 1.807) is 18.2 Å². The van der Waals surface area contributed by atoms with Crippen molar-refractivity contribution in [2.24, 2.45) is 0 Å². The summed E-state index contributed by atoms with van der Waals surface area (Å²) >= 11 is 0. The van der Waals surface area contributed by atoms with Crippen molar-refractivity contribution in [3.8, 4) is 0 Å². The molecule has 0 fully saturated rings. The maximum Gasteiger partial charge on any atom is 0.299 e. The number of aromatic nitrogens is 1. The summed E-state index contributed by atoms with van der Waals surface area (Å²) in [6.07, 6.45) is 2.66. The van der Waals surface area contributed by atoms with Gasteiger partial charge < -0.3 is 0 Å². The van der Waals surface area contributed by atoms with Gasteiger partial charge in [0.05, 0.1) is 0 Å². The van der Waals surface area contributed by atoms with Crippen molar-refractivity contribution in [3.63, 3.8) is 0 Å². The highest BCUT2D eigenvalue weighted by Gasteiger charge is 2.33. The van der Waals surface area contributed by atoms with Crippen LogP contribution in [0.1, 0.15) is 11.1 Å². The van der Waals surface area contributed by atoms with E-state index < -0.39 is 5.92 Å². The lowest BCUT2D eigenvalue weighted by molar-refractivity contribution is 0.0425. The van der Waals surface area contributed by atoms with Crippen LogP contribution < -0.4 is 0 Å². The molecule has 0 saturated carbocycles. The average molecular weight is 205 g/mol. The number of pyridine rings is 1. The summed E-state index contributed by atoms with van der Waals surface area (Å²) in [5.41, 5.74) is -0.103. The van der Waals surface area contributed by atoms with Crippen LogP contribution in [0.5, 0.6) is 0 Å². The molecule has 2 aromatic rings. The zero-order valence-electron chi connectivity index (χ0n) is 7.90. The number of nitrogens with zero attached hydrogens (tertiary/aromatic N) is 1. The first-order chi connectivity index (χ1) is 7.21. The third-order valence-electron chi connectivity index (χ3n) is 2.16. The van der Waals surface area contributed by atoms with Gasteiger partial charge in [0, 0.05) is 23.5 Å². The van der Waals surface area contributed by atoms with Gasteiger partial charge in [-0.2, -0.15) is 8.78 Å². The summed E-state index contributed by atoms with van der Waals surface area (Å²) in [5.74, 6) is -2.98. The SMILES string of the molecule is FC(F)(c1ccccc1)c1cccnc1. The molecule has 2 rings (SSSR count). The topological polar surface area (TPSA) is 12.9 Å². The molecule has 0 saturated heterocycles. The minimum Gasteiger partial charge on any atom is -0.264 e. The summed E-state index contributed by atoms with van der Waals surface area (Å²) < 4.78 is 27.7. The van der Waals surface area contributed by atoms with E-state index in [1.165, 1.54) is 36.7 Å². The van der Waals surface area contributed by atoms with Gasteiger partial charge in [-0.3, -0.25) is 4.98 Å². The van der Waals surface area contributed by atoms with Gasteiger partial charge in [0.1, 0.15) is 0 Å². The number of hydrogen-bond acceptors (Lipinski definition) is 1. The fourth-order valence-electron chi connectivity index (χ4n) is 1.36. The number of benzene rings is 1. The maximum atomic E-state index is 13.8. The fraction of sp³-hybridized carbons (Fsp3) is 0.0833. The highest BCUT2D eigenvalue weighted by Crippen LogP contribution is 2.34. The smallest absolute Gasteiger partial charge is 0.264 e. The molecule has 76 valence electrons. The third-order valence-corrected chi connectivity index (χ3v) is 2.16. The van der Waals surface area contributed by atoms with Gasteiger partial charge in [-0.05, 0) is 12.1 Å². The van der Waals surface area contributed by atoms with Crippen LogP contribution in [0.3, 0.4) is 0 Å². The Morgan fingerprint density at radius 2 is 1.53 bits per heavy atom. The second-order valence-electron chi connectivity index (χ2n) is 3.18. The minimum atomic E-state index is -2.98. The van der Waals surface area contributed by atoms with E-state index in [0.717, 1.165) is 0 Å². The minimum absolute atomic E-state index is 0.0157. The van der Waals surface area contributed by atoms with E-state index in [9.17, 15) is 8.78 Å². The first kappa shape index (κ1) is 9.77. The fourth-order valence-corrected chi connectivity index (χ4v) is 1.36. The Bertz CT molecular complexity index is 384. The zero-order chi connectivity index (χ0) is 10.7. The van der Waals surface area contributed by atoms with E-state index >= 15 is 0 Å². The number of rotatable bonds is 2. The summed E-state index contributed by atoms with van der Waals surface area (Å²) in [6.45, 7) is 0. The molecule has 0 radical (unpaired) electrons. The standard InChI is InChI=1S/C12H9F2N/c13-12(14,10-5-2-1-3-6-10)11-7-4-8-15-9-11/h1-9H. The van der Waals surface area contributed by atoms with Crippen molar-refractivity contribution in [3.05, 3.63) is 66.0 Å². The quantitative estimate of drug-likeness (QED) is 0.733. The van der Waals surface area contributed by atoms with Crippen molar-refractivity contribution in [1.29, 1.82) is 0 Å². The van der Waals surface area contributed by atoms with Gasteiger partial charge in [-0.15, -0.1) is 0 Å². The normalized spacial score (nSPS) is 11.3. The maximum absolute atomic E-state index is 13.8. The molecular weight excluding hydrogens is 196 g/mol. The number of alkyl halides is 2. The van der Waals surface area contributed by atoms with Crippen molar-refractivity contribution in [2.75, 3.05) is 0 Å². The molecule has 0 N–H and O–H groups in total. The van der Waals surface area contributed by atoms with Crippen LogP contribution in [-0.2, 0) is 5.92 Å². The average Bonchev–Trinajstić information content (AvgIpc) is 2.31. The van der Waals surface area contributed by atoms with Gasteiger partial charge in [-0.1, -0.05) is 30.3 Å². The second-order valence-corrected chi connectivity index (χ2v) is 3.18. The van der Waals surface area contributed by atoms with Crippen LogP contribution in [0.25, 0.3) is 0 Å². The van der Waals surface area contributed by atoms with E-state index in [2.05, 4.69) is 4.98 Å². The van der Waals surface area contributed by atoms with Gasteiger partial charge in [0.25, 0.3) is 5.92 Å². The van der Waals surface area contributed by atoms with Crippen molar-refractivity contribution in [2.45, 2.75) is 5.92 Å². The Kier molecular flexibility index (Phi) is 2.46. The summed E-state index contributed by atoms with van der Waals surface area (Å²) in [4.78, 5) is 3.70. The zero-order valence-corrected chi connectivity index (χ0v) is 7.90. The first-order valence-corrected chi connectivity index (χ1v) is 4.55. The Hall–Kier alpha value is -1.77. The van der Waals surface area contributed by atoms with Gasteiger partial charge in [-0.25, -0.2) is 0 Å². The molecule has 0 unspecified atom stereocenters. The lowest BCUT2D eigenvalue weighted by atomic mass is 10.0. The van der Waals surface area contributed by atoms with Crippen LogP contribution in [-0.4, -0.2) is 4.98 Å². The van der Waals surface area contributed by atoms with E-state index in [4.69, 9.17) is 0 Å². The molecule has 0 aliphatic heterocycles.